The van der Waals surface area contributed by atoms with Gasteiger partial charge in [0.05, 0.1) is 11.0 Å². The van der Waals surface area contributed by atoms with Gasteiger partial charge < -0.3 is 4.90 Å². The zero-order chi connectivity index (χ0) is 19.3. The van der Waals surface area contributed by atoms with E-state index in [4.69, 9.17) is 0 Å². The average molecular weight is 372 g/mol. The van der Waals surface area contributed by atoms with Gasteiger partial charge in [0.25, 0.3) is 5.69 Å². The van der Waals surface area contributed by atoms with E-state index in [1.165, 1.54) is 23.3 Å². The van der Waals surface area contributed by atoms with E-state index in [0.29, 0.717) is 12.2 Å². The molecule has 1 atom stereocenters. The molecule has 1 amide bonds. The van der Waals surface area contributed by atoms with Crippen LogP contribution in [0.1, 0.15) is 36.1 Å². The molecule has 26 heavy (non-hydrogen) atoms. The molecule has 0 N–H and O–H groups in total. The van der Waals surface area contributed by atoms with Crippen molar-refractivity contribution in [2.75, 3.05) is 12.8 Å². The number of carbonyl (C=O) groups is 1. The van der Waals surface area contributed by atoms with Gasteiger partial charge in [-0.05, 0) is 49.6 Å². The van der Waals surface area contributed by atoms with E-state index < -0.39 is 4.92 Å². The number of benzene rings is 2. The van der Waals surface area contributed by atoms with Crippen LogP contribution in [0.2, 0.25) is 0 Å². The molecular formula is C20H24N2O3S. The molecule has 0 spiro atoms. The predicted molar refractivity (Wildman–Crippen MR) is 106 cm³/mol. The monoisotopic (exact) mass is 372 g/mol. The van der Waals surface area contributed by atoms with E-state index in [1.54, 1.807) is 29.8 Å². The third-order valence-electron chi connectivity index (χ3n) is 4.60. The summed E-state index contributed by atoms with van der Waals surface area (Å²) in [6.07, 6.45) is 0.424. The number of thioether (sulfide) groups is 1. The van der Waals surface area contributed by atoms with Gasteiger partial charge in [0.2, 0.25) is 5.91 Å². The standard InChI is InChI=1S/C20H24N2O3S/c1-14-8-9-19(12-15(14)2)26-11-10-20(23)21(4)16(3)17-6-5-7-18(13-17)22(24)25/h5-9,12-13,16H,10-11H2,1-4H3/t16-/m0/s1. The van der Waals surface area contributed by atoms with Crippen LogP contribution in [0.5, 0.6) is 0 Å². The van der Waals surface area contributed by atoms with Crippen LogP contribution in [0.4, 0.5) is 5.69 Å². The van der Waals surface area contributed by atoms with E-state index in [1.807, 2.05) is 13.0 Å². The van der Waals surface area contributed by atoms with Crippen LogP contribution in [0.25, 0.3) is 0 Å². The highest BCUT2D eigenvalue weighted by atomic mass is 32.2. The molecule has 0 bridgehead atoms. The molecule has 2 aromatic rings. The normalized spacial score (nSPS) is 11.8. The first-order valence-corrected chi connectivity index (χ1v) is 9.48. The van der Waals surface area contributed by atoms with E-state index >= 15 is 0 Å². The summed E-state index contributed by atoms with van der Waals surface area (Å²) in [7, 11) is 1.74. The number of aryl methyl sites for hydroxylation is 2. The highest BCUT2D eigenvalue weighted by Gasteiger charge is 2.19. The quantitative estimate of drug-likeness (QED) is 0.393. The van der Waals surface area contributed by atoms with Gasteiger partial charge in [-0.15, -0.1) is 11.8 Å². The third-order valence-corrected chi connectivity index (χ3v) is 5.60. The highest BCUT2D eigenvalue weighted by Crippen LogP contribution is 2.25. The maximum Gasteiger partial charge on any atom is 0.269 e. The summed E-state index contributed by atoms with van der Waals surface area (Å²) in [5, 5.41) is 10.9. The number of hydrogen-bond acceptors (Lipinski definition) is 4. The molecule has 2 aromatic carbocycles. The second kappa shape index (κ2) is 8.85. The van der Waals surface area contributed by atoms with Crippen LogP contribution in [0.15, 0.2) is 47.4 Å². The Kier molecular flexibility index (Phi) is 6.80. The first-order chi connectivity index (χ1) is 12.3. The molecule has 0 saturated heterocycles. The molecule has 5 nitrogen and oxygen atoms in total. The summed E-state index contributed by atoms with van der Waals surface area (Å²) in [6.45, 7) is 6.05. The van der Waals surface area contributed by atoms with Gasteiger partial charge in [-0.1, -0.05) is 18.2 Å². The summed E-state index contributed by atoms with van der Waals surface area (Å²) >= 11 is 1.67. The van der Waals surface area contributed by atoms with Crippen molar-refractivity contribution in [3.63, 3.8) is 0 Å². The minimum Gasteiger partial charge on any atom is -0.339 e. The summed E-state index contributed by atoms with van der Waals surface area (Å²) < 4.78 is 0. The van der Waals surface area contributed by atoms with Crippen molar-refractivity contribution in [1.82, 2.24) is 4.90 Å². The number of nitro benzene ring substituents is 1. The maximum absolute atomic E-state index is 12.5. The van der Waals surface area contributed by atoms with Gasteiger partial charge >= 0.3 is 0 Å². The Morgan fingerprint density at radius 1 is 1.19 bits per heavy atom. The van der Waals surface area contributed by atoms with Gasteiger partial charge in [-0.3, -0.25) is 14.9 Å². The van der Waals surface area contributed by atoms with Crippen molar-refractivity contribution >= 4 is 23.4 Å². The lowest BCUT2D eigenvalue weighted by molar-refractivity contribution is -0.384. The summed E-state index contributed by atoms with van der Waals surface area (Å²) in [6, 6.07) is 12.5. The Hall–Kier alpha value is -2.34. The third kappa shape index (κ3) is 5.08. The van der Waals surface area contributed by atoms with Crippen molar-refractivity contribution in [1.29, 1.82) is 0 Å². The number of nitro groups is 1. The van der Waals surface area contributed by atoms with Crippen LogP contribution >= 0.6 is 11.8 Å². The Balaban J connectivity index is 1.92. The van der Waals surface area contributed by atoms with E-state index in [0.717, 1.165) is 10.5 Å². The molecule has 2 rings (SSSR count). The molecule has 6 heteroatoms. The zero-order valence-corrected chi connectivity index (χ0v) is 16.4. The molecule has 0 heterocycles. The SMILES string of the molecule is Cc1ccc(SCCC(=O)N(C)[C@@H](C)c2cccc([N+](=O)[O-])c2)cc1C. The lowest BCUT2D eigenvalue weighted by atomic mass is 10.1. The van der Waals surface area contributed by atoms with Gasteiger partial charge in [0.1, 0.15) is 0 Å². The van der Waals surface area contributed by atoms with Gasteiger partial charge in [-0.2, -0.15) is 0 Å². The fourth-order valence-electron chi connectivity index (χ4n) is 2.57. The van der Waals surface area contributed by atoms with Gasteiger partial charge in [-0.25, -0.2) is 0 Å². The average Bonchev–Trinajstić information content (AvgIpc) is 2.63. The van der Waals surface area contributed by atoms with E-state index in [2.05, 4.69) is 32.0 Å². The van der Waals surface area contributed by atoms with Crippen LogP contribution in [0, 0.1) is 24.0 Å². The fourth-order valence-corrected chi connectivity index (χ4v) is 3.51. The van der Waals surface area contributed by atoms with Crippen LogP contribution in [-0.2, 0) is 4.79 Å². The topological polar surface area (TPSA) is 63.5 Å². The van der Waals surface area contributed by atoms with Gasteiger partial charge in [0, 0.05) is 36.2 Å². The Morgan fingerprint density at radius 3 is 2.58 bits per heavy atom. The number of nitrogens with zero attached hydrogens (tertiary/aromatic N) is 2. The zero-order valence-electron chi connectivity index (χ0n) is 15.6. The minimum absolute atomic E-state index is 0.0281. The maximum atomic E-state index is 12.5. The lowest BCUT2D eigenvalue weighted by Crippen LogP contribution is -2.29. The number of non-ortho nitro benzene ring substituents is 1. The largest absolute Gasteiger partial charge is 0.339 e. The second-order valence-electron chi connectivity index (χ2n) is 6.38. The second-order valence-corrected chi connectivity index (χ2v) is 7.55. The molecule has 0 aliphatic rings. The first-order valence-electron chi connectivity index (χ1n) is 8.49. The lowest BCUT2D eigenvalue weighted by Gasteiger charge is -2.25. The fraction of sp³-hybridized carbons (Fsp3) is 0.350. The Labute approximate surface area is 158 Å². The van der Waals surface area contributed by atoms with Crippen LogP contribution in [-0.4, -0.2) is 28.5 Å². The number of rotatable bonds is 7. The molecule has 0 saturated carbocycles. The van der Waals surface area contributed by atoms with Crippen LogP contribution in [0.3, 0.4) is 0 Å². The molecule has 0 fully saturated rings. The van der Waals surface area contributed by atoms with Crippen molar-refractivity contribution in [2.45, 2.75) is 38.1 Å². The van der Waals surface area contributed by atoms with Crippen molar-refractivity contribution in [2.24, 2.45) is 0 Å². The summed E-state index contributed by atoms with van der Waals surface area (Å²) in [4.78, 5) is 25.8. The molecular weight excluding hydrogens is 348 g/mol. The smallest absolute Gasteiger partial charge is 0.269 e. The van der Waals surface area contributed by atoms with E-state index in [9.17, 15) is 14.9 Å². The Bertz CT molecular complexity index is 807. The van der Waals surface area contributed by atoms with Crippen molar-refractivity contribution < 1.29 is 9.72 Å². The Morgan fingerprint density at radius 2 is 1.92 bits per heavy atom. The molecule has 0 unspecified atom stereocenters. The summed E-state index contributed by atoms with van der Waals surface area (Å²) in [5.41, 5.74) is 3.31. The molecule has 0 aromatic heterocycles. The molecule has 0 aliphatic carbocycles. The summed E-state index contributed by atoms with van der Waals surface area (Å²) in [5.74, 6) is 0.730. The highest BCUT2D eigenvalue weighted by molar-refractivity contribution is 7.99. The van der Waals surface area contributed by atoms with Crippen molar-refractivity contribution in [3.05, 3.63) is 69.3 Å². The van der Waals surface area contributed by atoms with Crippen LogP contribution < -0.4 is 0 Å². The van der Waals surface area contributed by atoms with Crippen molar-refractivity contribution in [3.8, 4) is 0 Å². The number of amides is 1. The van der Waals surface area contributed by atoms with Gasteiger partial charge in [0.15, 0.2) is 0 Å². The van der Waals surface area contributed by atoms with E-state index in [-0.39, 0.29) is 17.6 Å². The molecule has 0 aliphatic heterocycles. The predicted octanol–water partition coefficient (Wildman–Crippen LogP) is 4.91. The first kappa shape index (κ1) is 20.0. The minimum atomic E-state index is -0.418. The molecule has 0 radical (unpaired) electrons. The number of carbonyl (C=O) groups excluding carboxylic acids is 1. The number of hydrogen-bond donors (Lipinski definition) is 0. The molecule has 138 valence electrons.